The van der Waals surface area contributed by atoms with Crippen molar-refractivity contribution in [2.45, 2.75) is 19.8 Å². The second kappa shape index (κ2) is 4.94. The number of aromatic nitrogens is 1. The van der Waals surface area contributed by atoms with Crippen LogP contribution in [0.5, 0.6) is 5.75 Å². The Morgan fingerprint density at radius 2 is 2.11 bits per heavy atom. The van der Waals surface area contributed by atoms with Crippen LogP contribution in [0, 0.1) is 0 Å². The van der Waals surface area contributed by atoms with Gasteiger partial charge in [-0.25, -0.2) is 4.98 Å². The number of pyridine rings is 1. The fourth-order valence-corrected chi connectivity index (χ4v) is 2.35. The molecule has 18 heavy (non-hydrogen) atoms. The SMILES string of the molecule is COc1ccc2nc(Cl)c(C=O)c(C(C)C)c2c1. The molecule has 3 nitrogen and oxygen atoms in total. The summed E-state index contributed by atoms with van der Waals surface area (Å²) in [5, 5.41) is 1.17. The van der Waals surface area contributed by atoms with Crippen molar-refractivity contribution in [1.29, 1.82) is 0 Å². The minimum atomic E-state index is 0.181. The Balaban J connectivity index is 2.89. The van der Waals surface area contributed by atoms with Gasteiger partial charge in [0.25, 0.3) is 0 Å². The van der Waals surface area contributed by atoms with Crippen LogP contribution in [0.3, 0.4) is 0 Å². The maximum Gasteiger partial charge on any atom is 0.153 e. The predicted octanol–water partition coefficient (Wildman–Crippen LogP) is 3.83. The monoisotopic (exact) mass is 263 g/mol. The molecule has 0 fully saturated rings. The minimum Gasteiger partial charge on any atom is -0.497 e. The van der Waals surface area contributed by atoms with Gasteiger partial charge in [-0.3, -0.25) is 4.79 Å². The van der Waals surface area contributed by atoms with E-state index >= 15 is 0 Å². The first-order chi connectivity index (χ1) is 8.58. The molecule has 0 aliphatic heterocycles. The number of hydrogen-bond acceptors (Lipinski definition) is 3. The lowest BCUT2D eigenvalue weighted by atomic mass is 9.94. The van der Waals surface area contributed by atoms with Crippen LogP contribution in [0.4, 0.5) is 0 Å². The molecule has 2 aromatic rings. The van der Waals surface area contributed by atoms with E-state index in [1.165, 1.54) is 0 Å². The van der Waals surface area contributed by atoms with E-state index in [9.17, 15) is 4.79 Å². The summed E-state index contributed by atoms with van der Waals surface area (Å²) < 4.78 is 5.21. The van der Waals surface area contributed by atoms with E-state index in [2.05, 4.69) is 4.98 Å². The van der Waals surface area contributed by atoms with Crippen molar-refractivity contribution in [2.75, 3.05) is 7.11 Å². The summed E-state index contributed by atoms with van der Waals surface area (Å²) >= 11 is 6.05. The third-order valence-electron chi connectivity index (χ3n) is 2.92. The van der Waals surface area contributed by atoms with Crippen molar-refractivity contribution < 1.29 is 9.53 Å². The fourth-order valence-electron chi connectivity index (χ4n) is 2.11. The smallest absolute Gasteiger partial charge is 0.153 e. The molecule has 0 radical (unpaired) electrons. The molecular formula is C14H14ClNO2. The Bertz CT molecular complexity index is 608. The second-order valence-electron chi connectivity index (χ2n) is 4.39. The minimum absolute atomic E-state index is 0.181. The lowest BCUT2D eigenvalue weighted by Crippen LogP contribution is -2.01. The molecule has 1 aromatic carbocycles. The molecule has 1 aromatic heterocycles. The number of benzene rings is 1. The van der Waals surface area contributed by atoms with Crippen LogP contribution in [0.2, 0.25) is 5.15 Å². The van der Waals surface area contributed by atoms with Gasteiger partial charge < -0.3 is 4.74 Å². The van der Waals surface area contributed by atoms with Crippen LogP contribution in [-0.2, 0) is 0 Å². The number of carbonyl (C=O) groups excluding carboxylic acids is 1. The summed E-state index contributed by atoms with van der Waals surface area (Å²) in [5.74, 6) is 0.922. The maximum atomic E-state index is 11.2. The van der Waals surface area contributed by atoms with Gasteiger partial charge in [-0.05, 0) is 29.7 Å². The van der Waals surface area contributed by atoms with Crippen LogP contribution in [-0.4, -0.2) is 18.4 Å². The van der Waals surface area contributed by atoms with E-state index in [-0.39, 0.29) is 11.1 Å². The number of hydrogen-bond donors (Lipinski definition) is 0. The van der Waals surface area contributed by atoms with Crippen molar-refractivity contribution in [2.24, 2.45) is 0 Å². The fraction of sp³-hybridized carbons (Fsp3) is 0.286. The Morgan fingerprint density at radius 1 is 1.39 bits per heavy atom. The maximum absolute atomic E-state index is 11.2. The molecule has 2 rings (SSSR count). The molecular weight excluding hydrogens is 250 g/mol. The average molecular weight is 264 g/mol. The standard InChI is InChI=1S/C14H14ClNO2/c1-8(2)13-10-6-9(18-3)4-5-12(10)16-14(15)11(13)7-17/h4-8H,1-3H3. The van der Waals surface area contributed by atoms with E-state index in [1.54, 1.807) is 7.11 Å². The number of carbonyl (C=O) groups is 1. The van der Waals surface area contributed by atoms with Gasteiger partial charge in [0.1, 0.15) is 10.9 Å². The number of ether oxygens (including phenoxy) is 1. The van der Waals surface area contributed by atoms with Crippen LogP contribution < -0.4 is 4.74 Å². The molecule has 0 amide bonds. The Kier molecular flexibility index (Phi) is 3.53. The molecule has 0 aliphatic carbocycles. The van der Waals surface area contributed by atoms with Crippen LogP contribution in [0.25, 0.3) is 10.9 Å². The molecule has 0 aliphatic rings. The van der Waals surface area contributed by atoms with Gasteiger partial charge in [0.2, 0.25) is 0 Å². The molecule has 4 heteroatoms. The number of methoxy groups -OCH3 is 1. The third-order valence-corrected chi connectivity index (χ3v) is 3.21. The topological polar surface area (TPSA) is 39.2 Å². The van der Waals surface area contributed by atoms with Crippen molar-refractivity contribution in [3.05, 3.63) is 34.5 Å². The summed E-state index contributed by atoms with van der Waals surface area (Å²) in [7, 11) is 1.61. The molecule has 0 unspecified atom stereocenters. The molecule has 0 saturated carbocycles. The van der Waals surface area contributed by atoms with E-state index < -0.39 is 0 Å². The van der Waals surface area contributed by atoms with Gasteiger partial charge in [-0.15, -0.1) is 0 Å². The summed E-state index contributed by atoms with van der Waals surface area (Å²) in [6, 6.07) is 5.57. The average Bonchev–Trinajstić information content (AvgIpc) is 2.36. The highest BCUT2D eigenvalue weighted by Gasteiger charge is 2.16. The Labute approximate surface area is 111 Å². The summed E-state index contributed by atoms with van der Waals surface area (Å²) in [6.45, 7) is 4.05. The molecule has 94 valence electrons. The molecule has 0 saturated heterocycles. The molecule has 0 N–H and O–H groups in total. The van der Waals surface area contributed by atoms with Crippen molar-refractivity contribution in [1.82, 2.24) is 4.98 Å². The highest BCUT2D eigenvalue weighted by atomic mass is 35.5. The van der Waals surface area contributed by atoms with Gasteiger partial charge >= 0.3 is 0 Å². The third kappa shape index (κ3) is 2.06. The first kappa shape index (κ1) is 12.8. The lowest BCUT2D eigenvalue weighted by molar-refractivity contribution is 0.112. The van der Waals surface area contributed by atoms with E-state index in [0.29, 0.717) is 5.56 Å². The van der Waals surface area contributed by atoms with Gasteiger partial charge in [0.05, 0.1) is 18.2 Å². The second-order valence-corrected chi connectivity index (χ2v) is 4.74. The van der Waals surface area contributed by atoms with Crippen LogP contribution in [0.1, 0.15) is 35.7 Å². The predicted molar refractivity (Wildman–Crippen MR) is 72.8 cm³/mol. The van der Waals surface area contributed by atoms with Gasteiger partial charge in [0, 0.05) is 5.39 Å². The Hall–Kier alpha value is -1.61. The summed E-state index contributed by atoms with van der Waals surface area (Å²) in [5.41, 5.74) is 2.15. The quantitative estimate of drug-likeness (QED) is 0.624. The number of fused-ring (bicyclic) bond motifs is 1. The van der Waals surface area contributed by atoms with Gasteiger partial charge in [-0.1, -0.05) is 25.4 Å². The lowest BCUT2D eigenvalue weighted by Gasteiger charge is -2.14. The highest BCUT2D eigenvalue weighted by molar-refractivity contribution is 6.32. The largest absolute Gasteiger partial charge is 0.497 e. The zero-order valence-corrected chi connectivity index (χ0v) is 11.3. The normalized spacial score (nSPS) is 10.9. The van der Waals surface area contributed by atoms with E-state index in [1.807, 2.05) is 32.0 Å². The van der Waals surface area contributed by atoms with Crippen LogP contribution >= 0.6 is 11.6 Å². The van der Waals surface area contributed by atoms with Crippen LogP contribution in [0.15, 0.2) is 18.2 Å². The summed E-state index contributed by atoms with van der Waals surface area (Å²) in [4.78, 5) is 15.4. The van der Waals surface area contributed by atoms with Gasteiger partial charge in [-0.2, -0.15) is 0 Å². The Morgan fingerprint density at radius 3 is 2.67 bits per heavy atom. The molecule has 1 heterocycles. The first-order valence-electron chi connectivity index (χ1n) is 5.70. The highest BCUT2D eigenvalue weighted by Crippen LogP contribution is 2.32. The van der Waals surface area contributed by atoms with E-state index in [0.717, 1.165) is 28.5 Å². The first-order valence-corrected chi connectivity index (χ1v) is 6.08. The summed E-state index contributed by atoms with van der Waals surface area (Å²) in [6.07, 6.45) is 0.767. The van der Waals surface area contributed by atoms with E-state index in [4.69, 9.17) is 16.3 Å². The zero-order chi connectivity index (χ0) is 13.3. The number of nitrogens with zero attached hydrogens (tertiary/aromatic N) is 1. The molecule has 0 spiro atoms. The van der Waals surface area contributed by atoms with Crippen molar-refractivity contribution in [3.8, 4) is 5.75 Å². The molecule has 0 atom stereocenters. The molecule has 0 bridgehead atoms. The van der Waals surface area contributed by atoms with Gasteiger partial charge in [0.15, 0.2) is 6.29 Å². The zero-order valence-electron chi connectivity index (χ0n) is 10.5. The van der Waals surface area contributed by atoms with Crippen molar-refractivity contribution >= 4 is 28.8 Å². The number of halogens is 1. The number of aldehydes is 1. The number of rotatable bonds is 3. The van der Waals surface area contributed by atoms with Crippen molar-refractivity contribution in [3.63, 3.8) is 0 Å².